The first-order chi connectivity index (χ1) is 12.6. The lowest BCUT2D eigenvalue weighted by atomic mass is 10.2. The fourth-order valence-corrected chi connectivity index (χ4v) is 3.50. The van der Waals surface area contributed by atoms with E-state index >= 15 is 0 Å². The van der Waals surface area contributed by atoms with Crippen molar-refractivity contribution in [3.05, 3.63) is 83.7 Å². The van der Waals surface area contributed by atoms with Gasteiger partial charge >= 0.3 is 0 Å². The number of hydrogen-bond donors (Lipinski definition) is 0. The topological polar surface area (TPSA) is 38.1 Å². The smallest absolute Gasteiger partial charge is 0.232 e. The van der Waals surface area contributed by atoms with Crippen LogP contribution in [0.2, 0.25) is 0 Å². The highest BCUT2D eigenvalue weighted by atomic mass is 32.2. The van der Waals surface area contributed by atoms with Crippen molar-refractivity contribution in [1.29, 1.82) is 0 Å². The second kappa shape index (κ2) is 8.72. The summed E-state index contributed by atoms with van der Waals surface area (Å²) in [6.07, 6.45) is 3.79. The van der Waals surface area contributed by atoms with Gasteiger partial charge in [-0.05, 0) is 24.6 Å². The Kier molecular flexibility index (Phi) is 6.12. The van der Waals surface area contributed by atoms with Gasteiger partial charge in [0.1, 0.15) is 0 Å². The Labute approximate surface area is 158 Å². The lowest BCUT2D eigenvalue weighted by molar-refractivity contribution is -0.127. The molecule has 0 fully saturated rings. The van der Waals surface area contributed by atoms with Crippen LogP contribution < -0.4 is 0 Å². The number of amides is 1. The maximum absolute atomic E-state index is 12.3. The van der Waals surface area contributed by atoms with Gasteiger partial charge in [-0.2, -0.15) is 5.10 Å². The molecule has 0 unspecified atom stereocenters. The van der Waals surface area contributed by atoms with Gasteiger partial charge in [0.25, 0.3) is 0 Å². The zero-order valence-corrected chi connectivity index (χ0v) is 15.9. The first-order valence-corrected chi connectivity index (χ1v) is 9.73. The van der Waals surface area contributed by atoms with Gasteiger partial charge < -0.3 is 4.90 Å². The predicted octanol–water partition coefficient (Wildman–Crippen LogP) is 4.07. The van der Waals surface area contributed by atoms with Gasteiger partial charge in [-0.25, -0.2) is 4.68 Å². The number of thioether (sulfide) groups is 1. The van der Waals surface area contributed by atoms with Crippen molar-refractivity contribution < 1.29 is 4.79 Å². The molecule has 26 heavy (non-hydrogen) atoms. The van der Waals surface area contributed by atoms with Crippen LogP contribution in [-0.4, -0.2) is 33.4 Å². The molecule has 0 radical (unpaired) electrons. The first-order valence-electron chi connectivity index (χ1n) is 8.58. The van der Waals surface area contributed by atoms with Gasteiger partial charge in [-0.1, -0.05) is 48.0 Å². The number of aryl methyl sites for hydroxylation is 1. The van der Waals surface area contributed by atoms with E-state index in [4.69, 9.17) is 0 Å². The summed E-state index contributed by atoms with van der Waals surface area (Å²) < 4.78 is 1.83. The Balaban J connectivity index is 1.48. The molecule has 1 amide bonds. The molecule has 0 N–H and O–H groups in total. The molecule has 0 spiro atoms. The number of para-hydroxylation sites is 1. The molecule has 3 rings (SSSR count). The van der Waals surface area contributed by atoms with E-state index in [-0.39, 0.29) is 5.91 Å². The fourth-order valence-electron chi connectivity index (χ4n) is 2.58. The Hall–Kier alpha value is -2.53. The Morgan fingerprint density at radius 2 is 1.81 bits per heavy atom. The van der Waals surface area contributed by atoms with Crippen molar-refractivity contribution in [3.63, 3.8) is 0 Å². The van der Waals surface area contributed by atoms with E-state index in [1.165, 1.54) is 11.1 Å². The number of hydrogen-bond acceptors (Lipinski definition) is 3. The maximum atomic E-state index is 12.3. The van der Waals surface area contributed by atoms with Crippen molar-refractivity contribution in [2.24, 2.45) is 0 Å². The van der Waals surface area contributed by atoms with Crippen LogP contribution in [0.4, 0.5) is 0 Å². The monoisotopic (exact) mass is 365 g/mol. The molecular weight excluding hydrogens is 342 g/mol. The number of benzene rings is 2. The van der Waals surface area contributed by atoms with Crippen LogP contribution in [0.3, 0.4) is 0 Å². The summed E-state index contributed by atoms with van der Waals surface area (Å²) in [4.78, 5) is 14.1. The summed E-state index contributed by atoms with van der Waals surface area (Å²) in [6, 6.07) is 18.4. The molecule has 0 atom stereocenters. The van der Waals surface area contributed by atoms with Gasteiger partial charge in [0, 0.05) is 31.1 Å². The normalized spacial score (nSPS) is 10.7. The lowest BCUT2D eigenvalue weighted by Gasteiger charge is -2.16. The highest BCUT2D eigenvalue weighted by Crippen LogP contribution is 2.14. The molecule has 0 saturated heterocycles. The first kappa shape index (κ1) is 18.3. The van der Waals surface area contributed by atoms with Gasteiger partial charge in [0.05, 0.1) is 17.6 Å². The Morgan fingerprint density at radius 3 is 2.54 bits per heavy atom. The van der Waals surface area contributed by atoms with E-state index < -0.39 is 0 Å². The number of carbonyl (C=O) groups excluding carboxylic acids is 1. The third-order valence-corrected chi connectivity index (χ3v) is 5.11. The summed E-state index contributed by atoms with van der Waals surface area (Å²) in [5.41, 5.74) is 4.54. The van der Waals surface area contributed by atoms with Crippen LogP contribution in [0.25, 0.3) is 5.69 Å². The molecule has 5 heteroatoms. The molecule has 0 aliphatic rings. The van der Waals surface area contributed by atoms with Crippen molar-refractivity contribution >= 4 is 17.7 Å². The molecule has 4 nitrogen and oxygen atoms in total. The average molecular weight is 366 g/mol. The lowest BCUT2D eigenvalue weighted by Crippen LogP contribution is -2.27. The Morgan fingerprint density at radius 1 is 1.08 bits per heavy atom. The minimum Gasteiger partial charge on any atom is -0.341 e. The molecule has 134 valence electrons. The second-order valence-electron chi connectivity index (χ2n) is 6.36. The molecule has 1 heterocycles. The highest BCUT2D eigenvalue weighted by molar-refractivity contribution is 7.99. The van der Waals surface area contributed by atoms with Gasteiger partial charge in [-0.15, -0.1) is 11.8 Å². The zero-order valence-electron chi connectivity index (χ0n) is 15.1. The minimum atomic E-state index is 0.134. The molecule has 0 saturated carbocycles. The van der Waals surface area contributed by atoms with E-state index in [1.807, 2.05) is 54.5 Å². The standard InChI is InChI=1S/C21H23N3OS/c1-17-8-10-18(11-9-17)15-26-16-21(25)23(2)13-19-12-22-24(14-19)20-6-4-3-5-7-20/h3-12,14H,13,15-16H2,1-2H3. The van der Waals surface area contributed by atoms with E-state index in [0.29, 0.717) is 12.3 Å². The third kappa shape index (κ3) is 4.99. The zero-order chi connectivity index (χ0) is 18.4. The summed E-state index contributed by atoms with van der Waals surface area (Å²) >= 11 is 1.65. The molecule has 1 aromatic heterocycles. The van der Waals surface area contributed by atoms with Crippen LogP contribution in [0, 0.1) is 6.92 Å². The van der Waals surface area contributed by atoms with Gasteiger partial charge in [0.2, 0.25) is 5.91 Å². The van der Waals surface area contributed by atoms with Gasteiger partial charge in [0.15, 0.2) is 0 Å². The van der Waals surface area contributed by atoms with Crippen molar-refractivity contribution in [2.45, 2.75) is 19.2 Å². The average Bonchev–Trinajstić information content (AvgIpc) is 3.12. The molecule has 0 bridgehead atoms. The third-order valence-electron chi connectivity index (χ3n) is 4.12. The highest BCUT2D eigenvalue weighted by Gasteiger charge is 2.11. The van der Waals surface area contributed by atoms with Crippen molar-refractivity contribution in [2.75, 3.05) is 12.8 Å². The van der Waals surface area contributed by atoms with Crippen LogP contribution >= 0.6 is 11.8 Å². The summed E-state index contributed by atoms with van der Waals surface area (Å²) in [5.74, 6) is 1.47. The number of carbonyl (C=O) groups is 1. The van der Waals surface area contributed by atoms with Gasteiger partial charge in [-0.3, -0.25) is 4.79 Å². The second-order valence-corrected chi connectivity index (χ2v) is 7.34. The van der Waals surface area contributed by atoms with Crippen molar-refractivity contribution in [3.8, 4) is 5.69 Å². The molecule has 0 aliphatic carbocycles. The Bertz CT molecular complexity index is 843. The predicted molar refractivity (Wildman–Crippen MR) is 107 cm³/mol. The minimum absolute atomic E-state index is 0.134. The van der Waals surface area contributed by atoms with Crippen LogP contribution in [-0.2, 0) is 17.1 Å². The van der Waals surface area contributed by atoms with Crippen LogP contribution in [0.15, 0.2) is 67.0 Å². The summed E-state index contributed by atoms with van der Waals surface area (Å²) in [5, 5.41) is 4.38. The van der Waals surface area contributed by atoms with E-state index in [2.05, 4.69) is 36.3 Å². The van der Waals surface area contributed by atoms with Crippen molar-refractivity contribution in [1.82, 2.24) is 14.7 Å². The van der Waals surface area contributed by atoms with E-state index in [9.17, 15) is 4.79 Å². The number of rotatable bonds is 7. The summed E-state index contributed by atoms with van der Waals surface area (Å²) in [7, 11) is 1.84. The SMILES string of the molecule is Cc1ccc(CSCC(=O)N(C)Cc2cnn(-c3ccccc3)c2)cc1. The maximum Gasteiger partial charge on any atom is 0.232 e. The fraction of sp³-hybridized carbons (Fsp3) is 0.238. The largest absolute Gasteiger partial charge is 0.341 e. The number of nitrogens with zero attached hydrogens (tertiary/aromatic N) is 3. The summed E-state index contributed by atoms with van der Waals surface area (Å²) in [6.45, 7) is 2.64. The van der Waals surface area contributed by atoms with Crippen LogP contribution in [0.1, 0.15) is 16.7 Å². The number of aromatic nitrogens is 2. The molecule has 3 aromatic rings. The molecular formula is C21H23N3OS. The van der Waals surface area contributed by atoms with E-state index in [1.54, 1.807) is 16.7 Å². The molecule has 0 aliphatic heterocycles. The molecule has 2 aromatic carbocycles. The van der Waals surface area contributed by atoms with Crippen LogP contribution in [0.5, 0.6) is 0 Å². The van der Waals surface area contributed by atoms with E-state index in [0.717, 1.165) is 17.0 Å². The quantitative estimate of drug-likeness (QED) is 0.633.